The highest BCUT2D eigenvalue weighted by Gasteiger charge is 2.21. The van der Waals surface area contributed by atoms with Gasteiger partial charge in [0.1, 0.15) is 5.82 Å². The Morgan fingerprint density at radius 2 is 1.83 bits per heavy atom. The molecule has 0 fully saturated rings. The fraction of sp³-hybridized carbons (Fsp3) is 0.143. The lowest BCUT2D eigenvalue weighted by molar-refractivity contribution is 0.627. The highest BCUT2D eigenvalue weighted by molar-refractivity contribution is 6.33. The van der Waals surface area contributed by atoms with Gasteiger partial charge in [-0.1, -0.05) is 17.7 Å². The van der Waals surface area contributed by atoms with Crippen LogP contribution in [0.1, 0.15) is 11.1 Å². The van der Waals surface area contributed by atoms with Crippen molar-refractivity contribution < 1.29 is 4.39 Å². The maximum absolute atomic E-state index is 13.0. The molecule has 0 amide bonds. The van der Waals surface area contributed by atoms with E-state index in [0.717, 1.165) is 24.5 Å². The second-order valence-electron chi connectivity index (χ2n) is 4.48. The molecular weight excluding hydrogens is 251 g/mol. The van der Waals surface area contributed by atoms with Crippen molar-refractivity contribution in [3.63, 3.8) is 0 Å². The maximum atomic E-state index is 13.0. The molecule has 2 aromatic rings. The molecule has 0 aliphatic carbocycles. The van der Waals surface area contributed by atoms with Crippen molar-refractivity contribution in [3.05, 3.63) is 58.4 Å². The van der Waals surface area contributed by atoms with Crippen molar-refractivity contribution >= 4 is 23.0 Å². The summed E-state index contributed by atoms with van der Waals surface area (Å²) in [6, 6.07) is 10.4. The van der Waals surface area contributed by atoms with Crippen LogP contribution in [0.2, 0.25) is 5.02 Å². The van der Waals surface area contributed by atoms with Gasteiger partial charge in [-0.05, 0) is 41.5 Å². The third-order valence-electron chi connectivity index (χ3n) is 3.20. The Bertz CT molecular complexity index is 613. The summed E-state index contributed by atoms with van der Waals surface area (Å²) in [5.74, 6) is -0.315. The Kier molecular flexibility index (Phi) is 2.63. The van der Waals surface area contributed by atoms with Crippen LogP contribution in [0.4, 0.5) is 15.8 Å². The highest BCUT2D eigenvalue weighted by atomic mass is 35.5. The molecule has 1 aliphatic rings. The molecule has 1 aliphatic heterocycles. The molecule has 92 valence electrons. The number of nitrogens with two attached hydrogens (primary N) is 1. The van der Waals surface area contributed by atoms with Crippen LogP contribution in [0.3, 0.4) is 0 Å². The number of halogens is 2. The minimum atomic E-state index is -0.315. The summed E-state index contributed by atoms with van der Waals surface area (Å²) in [6.07, 6.45) is 0. The van der Waals surface area contributed by atoms with E-state index in [0.29, 0.717) is 5.02 Å². The Hall–Kier alpha value is -1.74. The molecule has 2 N–H and O–H groups in total. The molecule has 3 rings (SSSR count). The number of nitrogen functional groups attached to an aromatic ring is 1. The van der Waals surface area contributed by atoms with Crippen LogP contribution in [-0.2, 0) is 13.1 Å². The summed E-state index contributed by atoms with van der Waals surface area (Å²) in [7, 11) is 0. The fourth-order valence-electron chi connectivity index (χ4n) is 2.32. The lowest BCUT2D eigenvalue weighted by Crippen LogP contribution is -2.14. The van der Waals surface area contributed by atoms with E-state index in [4.69, 9.17) is 17.3 Å². The summed E-state index contributed by atoms with van der Waals surface area (Å²) in [6.45, 7) is 1.53. The largest absolute Gasteiger partial charge is 0.399 e. The predicted molar refractivity (Wildman–Crippen MR) is 72.2 cm³/mol. The fourth-order valence-corrected chi connectivity index (χ4v) is 2.61. The normalized spacial score (nSPS) is 13.8. The molecule has 2 nitrogen and oxygen atoms in total. The van der Waals surface area contributed by atoms with Crippen LogP contribution in [0.15, 0.2) is 36.4 Å². The lowest BCUT2D eigenvalue weighted by atomic mass is 10.1. The SMILES string of the molecule is Nc1ccc2c(c1)CN(c1ccc(F)cc1Cl)C2. The molecule has 18 heavy (non-hydrogen) atoms. The molecule has 0 unspecified atom stereocenters. The molecule has 1 heterocycles. The zero-order chi connectivity index (χ0) is 12.7. The van der Waals surface area contributed by atoms with Crippen molar-refractivity contribution in [2.75, 3.05) is 10.6 Å². The van der Waals surface area contributed by atoms with Crippen LogP contribution in [0.25, 0.3) is 0 Å². The predicted octanol–water partition coefficient (Wildman–Crippen LogP) is 3.58. The molecule has 0 aromatic heterocycles. The Morgan fingerprint density at radius 1 is 1.06 bits per heavy atom. The second kappa shape index (κ2) is 4.18. The monoisotopic (exact) mass is 262 g/mol. The number of hydrogen-bond donors (Lipinski definition) is 1. The smallest absolute Gasteiger partial charge is 0.124 e. The Morgan fingerprint density at radius 3 is 2.61 bits per heavy atom. The molecular formula is C14H12ClFN2. The van der Waals surface area contributed by atoms with Crippen LogP contribution in [0, 0.1) is 5.82 Å². The van der Waals surface area contributed by atoms with Crippen molar-refractivity contribution in [2.24, 2.45) is 0 Å². The minimum Gasteiger partial charge on any atom is -0.399 e. The molecule has 2 aromatic carbocycles. The summed E-state index contributed by atoms with van der Waals surface area (Å²) in [5, 5.41) is 0.441. The maximum Gasteiger partial charge on any atom is 0.124 e. The van der Waals surface area contributed by atoms with Gasteiger partial charge >= 0.3 is 0 Å². The first kappa shape index (κ1) is 11.4. The third-order valence-corrected chi connectivity index (χ3v) is 3.51. The highest BCUT2D eigenvalue weighted by Crippen LogP contribution is 2.34. The van der Waals surface area contributed by atoms with Gasteiger partial charge in [-0.3, -0.25) is 0 Å². The van der Waals surface area contributed by atoms with E-state index >= 15 is 0 Å². The standard InChI is InChI=1S/C14H12ClFN2/c15-13-6-11(16)2-4-14(13)18-7-9-1-3-12(17)5-10(9)8-18/h1-6H,7-8,17H2. The van der Waals surface area contributed by atoms with Gasteiger partial charge in [0.15, 0.2) is 0 Å². The summed E-state index contributed by atoms with van der Waals surface area (Å²) in [4.78, 5) is 2.12. The number of fused-ring (bicyclic) bond motifs is 1. The van der Waals surface area contributed by atoms with Gasteiger partial charge in [0, 0.05) is 18.8 Å². The lowest BCUT2D eigenvalue weighted by Gasteiger charge is -2.19. The van der Waals surface area contributed by atoms with Crippen molar-refractivity contribution in [3.8, 4) is 0 Å². The average Bonchev–Trinajstić information content (AvgIpc) is 2.71. The topological polar surface area (TPSA) is 29.3 Å². The van der Waals surface area contributed by atoms with E-state index in [2.05, 4.69) is 4.90 Å². The van der Waals surface area contributed by atoms with E-state index < -0.39 is 0 Å². The molecule has 0 saturated carbocycles. The van der Waals surface area contributed by atoms with Gasteiger partial charge in [0.05, 0.1) is 10.7 Å². The van der Waals surface area contributed by atoms with Gasteiger partial charge in [0.25, 0.3) is 0 Å². The van der Waals surface area contributed by atoms with Gasteiger partial charge in [-0.15, -0.1) is 0 Å². The first-order valence-electron chi connectivity index (χ1n) is 5.71. The van der Waals surface area contributed by atoms with E-state index in [-0.39, 0.29) is 5.82 Å². The molecule has 0 atom stereocenters. The van der Waals surface area contributed by atoms with Gasteiger partial charge in [0.2, 0.25) is 0 Å². The second-order valence-corrected chi connectivity index (χ2v) is 4.89. The van der Waals surface area contributed by atoms with Crippen molar-refractivity contribution in [1.29, 1.82) is 0 Å². The summed E-state index contributed by atoms with van der Waals surface area (Å²) < 4.78 is 13.0. The summed E-state index contributed by atoms with van der Waals surface area (Å²) >= 11 is 6.08. The third kappa shape index (κ3) is 1.91. The van der Waals surface area contributed by atoms with Crippen molar-refractivity contribution in [2.45, 2.75) is 13.1 Å². The zero-order valence-electron chi connectivity index (χ0n) is 9.66. The number of benzene rings is 2. The minimum absolute atomic E-state index is 0.315. The van der Waals surface area contributed by atoms with E-state index in [1.54, 1.807) is 6.07 Å². The van der Waals surface area contributed by atoms with Crippen LogP contribution in [-0.4, -0.2) is 0 Å². The molecule has 0 radical (unpaired) electrons. The molecule has 0 saturated heterocycles. The van der Waals surface area contributed by atoms with Crippen molar-refractivity contribution in [1.82, 2.24) is 0 Å². The number of rotatable bonds is 1. The Labute approximate surface area is 110 Å². The molecule has 0 bridgehead atoms. The number of nitrogens with zero attached hydrogens (tertiary/aromatic N) is 1. The van der Waals surface area contributed by atoms with E-state index in [1.165, 1.54) is 23.3 Å². The van der Waals surface area contributed by atoms with Crippen LogP contribution < -0.4 is 10.6 Å². The van der Waals surface area contributed by atoms with Gasteiger partial charge < -0.3 is 10.6 Å². The number of hydrogen-bond acceptors (Lipinski definition) is 2. The summed E-state index contributed by atoms with van der Waals surface area (Å²) in [5.41, 5.74) is 9.83. The average molecular weight is 263 g/mol. The molecule has 4 heteroatoms. The number of anilines is 2. The Balaban J connectivity index is 1.93. The zero-order valence-corrected chi connectivity index (χ0v) is 10.4. The van der Waals surface area contributed by atoms with Gasteiger partial charge in [-0.2, -0.15) is 0 Å². The first-order valence-corrected chi connectivity index (χ1v) is 6.08. The van der Waals surface area contributed by atoms with E-state index in [1.807, 2.05) is 18.2 Å². The van der Waals surface area contributed by atoms with Crippen LogP contribution in [0.5, 0.6) is 0 Å². The van der Waals surface area contributed by atoms with Crippen LogP contribution >= 0.6 is 11.6 Å². The first-order chi connectivity index (χ1) is 8.63. The molecule has 0 spiro atoms. The van der Waals surface area contributed by atoms with E-state index in [9.17, 15) is 4.39 Å². The van der Waals surface area contributed by atoms with Gasteiger partial charge in [-0.25, -0.2) is 4.39 Å². The quantitative estimate of drug-likeness (QED) is 0.796.